The van der Waals surface area contributed by atoms with Crippen LogP contribution in [0.25, 0.3) is 0 Å². The van der Waals surface area contributed by atoms with Crippen LogP contribution in [0.5, 0.6) is 5.88 Å². The van der Waals surface area contributed by atoms with Crippen LogP contribution in [-0.4, -0.2) is 47.0 Å². The normalized spacial score (nSPS) is 11.2. The molecule has 0 bridgehead atoms. The van der Waals surface area contributed by atoms with Crippen molar-refractivity contribution in [1.82, 2.24) is 19.7 Å². The van der Waals surface area contributed by atoms with E-state index in [1.54, 1.807) is 14.2 Å². The van der Waals surface area contributed by atoms with Gasteiger partial charge in [-0.1, -0.05) is 6.07 Å². The molecule has 0 spiro atoms. The zero-order valence-corrected chi connectivity index (χ0v) is 14.7. The second kappa shape index (κ2) is 8.08. The van der Waals surface area contributed by atoms with E-state index < -0.39 is 0 Å². The number of hydrogen-bond acceptors (Lipinski definition) is 5. The van der Waals surface area contributed by atoms with Gasteiger partial charge >= 0.3 is 0 Å². The second-order valence-corrected chi connectivity index (χ2v) is 5.69. The lowest BCUT2D eigenvalue weighted by molar-refractivity contribution is 0.139. The summed E-state index contributed by atoms with van der Waals surface area (Å²) in [4.78, 5) is 6.63. The van der Waals surface area contributed by atoms with Crippen molar-refractivity contribution in [3.63, 3.8) is 0 Å². The largest absolute Gasteiger partial charge is 0.481 e. The van der Waals surface area contributed by atoms with E-state index in [2.05, 4.69) is 34.9 Å². The first-order valence-electron chi connectivity index (χ1n) is 7.74. The maximum absolute atomic E-state index is 5.25. The summed E-state index contributed by atoms with van der Waals surface area (Å²) in [6.07, 6.45) is 1.86. The Morgan fingerprint density at radius 2 is 1.96 bits per heavy atom. The van der Waals surface area contributed by atoms with Gasteiger partial charge in [-0.2, -0.15) is 5.10 Å². The summed E-state index contributed by atoms with van der Waals surface area (Å²) < 4.78 is 12.3. The Bertz CT molecular complexity index is 622. The molecule has 0 atom stereocenters. The fourth-order valence-electron chi connectivity index (χ4n) is 2.59. The minimum atomic E-state index is 0.635. The van der Waals surface area contributed by atoms with Crippen LogP contribution in [0.4, 0.5) is 0 Å². The van der Waals surface area contributed by atoms with Gasteiger partial charge in [-0.15, -0.1) is 0 Å². The zero-order valence-electron chi connectivity index (χ0n) is 14.7. The molecule has 23 heavy (non-hydrogen) atoms. The third-order valence-corrected chi connectivity index (χ3v) is 4.07. The molecule has 0 aliphatic carbocycles. The molecule has 2 aromatic heterocycles. The molecule has 0 unspecified atom stereocenters. The monoisotopic (exact) mass is 318 g/mol. The molecule has 0 amide bonds. The number of pyridine rings is 1. The van der Waals surface area contributed by atoms with E-state index in [4.69, 9.17) is 9.47 Å². The Kier molecular flexibility index (Phi) is 6.12. The summed E-state index contributed by atoms with van der Waals surface area (Å²) in [5.41, 5.74) is 4.73. The summed E-state index contributed by atoms with van der Waals surface area (Å²) in [7, 11) is 5.34. The van der Waals surface area contributed by atoms with Crippen LogP contribution in [0, 0.1) is 13.8 Å². The predicted octanol–water partition coefficient (Wildman–Crippen LogP) is 2.09. The molecule has 6 heteroatoms. The molecule has 0 saturated heterocycles. The van der Waals surface area contributed by atoms with Crippen LogP contribution in [0.2, 0.25) is 0 Å². The summed E-state index contributed by atoms with van der Waals surface area (Å²) in [5, 5.41) is 4.50. The average molecular weight is 318 g/mol. The van der Waals surface area contributed by atoms with Crippen molar-refractivity contribution in [2.75, 3.05) is 27.4 Å². The molecular formula is C17H26N4O2. The van der Waals surface area contributed by atoms with E-state index in [1.165, 1.54) is 11.3 Å². The Balaban J connectivity index is 2.12. The topological polar surface area (TPSA) is 52.4 Å². The minimum absolute atomic E-state index is 0.635. The Hall–Kier alpha value is -1.92. The number of ether oxygens (including phenoxy) is 2. The maximum Gasteiger partial charge on any atom is 0.212 e. The van der Waals surface area contributed by atoms with Gasteiger partial charge in [0.2, 0.25) is 5.88 Å². The van der Waals surface area contributed by atoms with Gasteiger partial charge in [0.15, 0.2) is 0 Å². The third kappa shape index (κ3) is 4.53. The SMILES string of the molecule is COCCN(Cc1ccc(OC)nc1)Cc1c(C)nn(C)c1C. The number of methoxy groups -OCH3 is 2. The van der Waals surface area contributed by atoms with Crippen molar-refractivity contribution in [3.8, 4) is 5.88 Å². The molecule has 0 N–H and O–H groups in total. The smallest absolute Gasteiger partial charge is 0.212 e. The van der Waals surface area contributed by atoms with Crippen molar-refractivity contribution in [1.29, 1.82) is 0 Å². The average Bonchev–Trinajstić information content (AvgIpc) is 2.79. The Labute approximate surface area is 138 Å². The Morgan fingerprint density at radius 3 is 2.48 bits per heavy atom. The summed E-state index contributed by atoms with van der Waals surface area (Å²) >= 11 is 0. The van der Waals surface area contributed by atoms with Crippen LogP contribution in [-0.2, 0) is 24.9 Å². The highest BCUT2D eigenvalue weighted by Crippen LogP contribution is 2.17. The molecule has 0 aromatic carbocycles. The molecule has 0 fully saturated rings. The van der Waals surface area contributed by atoms with E-state index in [9.17, 15) is 0 Å². The van der Waals surface area contributed by atoms with Crippen LogP contribution in [0.1, 0.15) is 22.5 Å². The third-order valence-electron chi connectivity index (χ3n) is 4.07. The lowest BCUT2D eigenvalue weighted by atomic mass is 10.1. The second-order valence-electron chi connectivity index (χ2n) is 5.69. The van der Waals surface area contributed by atoms with Gasteiger partial charge in [-0.3, -0.25) is 9.58 Å². The molecule has 0 aliphatic heterocycles. The molecule has 6 nitrogen and oxygen atoms in total. The minimum Gasteiger partial charge on any atom is -0.481 e. The molecular weight excluding hydrogens is 292 g/mol. The first-order valence-corrected chi connectivity index (χ1v) is 7.74. The van der Waals surface area contributed by atoms with Gasteiger partial charge in [-0.25, -0.2) is 4.98 Å². The van der Waals surface area contributed by atoms with Crippen molar-refractivity contribution < 1.29 is 9.47 Å². The molecule has 2 heterocycles. The van der Waals surface area contributed by atoms with Crippen molar-refractivity contribution in [3.05, 3.63) is 40.8 Å². The van der Waals surface area contributed by atoms with E-state index in [1.807, 2.05) is 24.0 Å². The Morgan fingerprint density at radius 1 is 1.17 bits per heavy atom. The highest BCUT2D eigenvalue weighted by Gasteiger charge is 2.14. The van der Waals surface area contributed by atoms with Crippen LogP contribution in [0.15, 0.2) is 18.3 Å². The van der Waals surface area contributed by atoms with Gasteiger partial charge in [0, 0.05) is 57.3 Å². The number of nitrogens with zero attached hydrogens (tertiary/aromatic N) is 4. The van der Waals surface area contributed by atoms with E-state index in [0.29, 0.717) is 12.5 Å². The van der Waals surface area contributed by atoms with E-state index >= 15 is 0 Å². The van der Waals surface area contributed by atoms with Crippen molar-refractivity contribution >= 4 is 0 Å². The van der Waals surface area contributed by atoms with Crippen LogP contribution >= 0.6 is 0 Å². The summed E-state index contributed by atoms with van der Waals surface area (Å²) in [6, 6.07) is 3.94. The van der Waals surface area contributed by atoms with Gasteiger partial charge < -0.3 is 9.47 Å². The first-order chi connectivity index (χ1) is 11.0. The standard InChI is InChI=1S/C17H26N4O2/c1-13-16(14(2)20(3)19-13)12-21(8-9-22-4)11-15-6-7-17(23-5)18-10-15/h6-7,10H,8-9,11-12H2,1-5H3. The quantitative estimate of drug-likeness (QED) is 0.746. The summed E-state index contributed by atoms with van der Waals surface area (Å²) in [6.45, 7) is 7.39. The molecule has 2 aromatic rings. The lowest BCUT2D eigenvalue weighted by Gasteiger charge is -2.22. The van der Waals surface area contributed by atoms with Gasteiger partial charge in [0.1, 0.15) is 0 Å². The molecule has 0 saturated carbocycles. The van der Waals surface area contributed by atoms with Crippen molar-refractivity contribution in [2.45, 2.75) is 26.9 Å². The number of rotatable bonds is 8. The van der Waals surface area contributed by atoms with Crippen LogP contribution in [0.3, 0.4) is 0 Å². The van der Waals surface area contributed by atoms with E-state index in [-0.39, 0.29) is 0 Å². The number of aryl methyl sites for hydroxylation is 2. The fraction of sp³-hybridized carbons (Fsp3) is 0.529. The molecule has 126 valence electrons. The maximum atomic E-state index is 5.25. The first kappa shape index (κ1) is 17.4. The lowest BCUT2D eigenvalue weighted by Crippen LogP contribution is -2.27. The number of aromatic nitrogens is 3. The highest BCUT2D eigenvalue weighted by atomic mass is 16.5. The van der Waals surface area contributed by atoms with Gasteiger partial charge in [-0.05, 0) is 19.4 Å². The molecule has 2 rings (SSSR count). The summed E-state index contributed by atoms with van der Waals surface area (Å²) in [5.74, 6) is 0.635. The van der Waals surface area contributed by atoms with Crippen LogP contribution < -0.4 is 4.74 Å². The highest BCUT2D eigenvalue weighted by molar-refractivity contribution is 5.24. The van der Waals surface area contributed by atoms with Gasteiger partial charge in [0.25, 0.3) is 0 Å². The van der Waals surface area contributed by atoms with Crippen molar-refractivity contribution in [2.24, 2.45) is 7.05 Å². The predicted molar refractivity (Wildman–Crippen MR) is 89.5 cm³/mol. The van der Waals surface area contributed by atoms with Gasteiger partial charge in [0.05, 0.1) is 19.4 Å². The fourth-order valence-corrected chi connectivity index (χ4v) is 2.59. The molecule has 0 aliphatic rings. The zero-order chi connectivity index (χ0) is 16.8. The number of hydrogen-bond donors (Lipinski definition) is 0. The molecule has 0 radical (unpaired) electrons. The van der Waals surface area contributed by atoms with E-state index in [0.717, 1.165) is 30.9 Å².